The van der Waals surface area contributed by atoms with E-state index in [2.05, 4.69) is 17.6 Å². The molecule has 5 heteroatoms. The summed E-state index contributed by atoms with van der Waals surface area (Å²) in [5.41, 5.74) is -0.102. The summed E-state index contributed by atoms with van der Waals surface area (Å²) in [7, 11) is 1.64. The molecule has 0 saturated carbocycles. The van der Waals surface area contributed by atoms with Crippen molar-refractivity contribution in [3.63, 3.8) is 0 Å². The van der Waals surface area contributed by atoms with Gasteiger partial charge >= 0.3 is 0 Å². The molecule has 0 fully saturated rings. The largest absolute Gasteiger partial charge is 0.383 e. The third kappa shape index (κ3) is 10.2. The summed E-state index contributed by atoms with van der Waals surface area (Å²) in [6, 6.07) is 0. The van der Waals surface area contributed by atoms with E-state index in [4.69, 9.17) is 4.74 Å². The lowest BCUT2D eigenvalue weighted by Crippen LogP contribution is -2.47. The topological polar surface area (TPSA) is 50.4 Å². The third-order valence-corrected chi connectivity index (χ3v) is 2.12. The van der Waals surface area contributed by atoms with E-state index in [0.717, 1.165) is 12.8 Å². The van der Waals surface area contributed by atoms with Gasteiger partial charge in [-0.1, -0.05) is 13.3 Å². The van der Waals surface area contributed by atoms with Crippen molar-refractivity contribution in [1.82, 2.24) is 10.6 Å². The summed E-state index contributed by atoms with van der Waals surface area (Å²) in [5.74, 6) is 0.0459. The highest BCUT2D eigenvalue weighted by Crippen LogP contribution is 2.09. The Kier molecular flexibility index (Phi) is 11.1. The number of methoxy groups -OCH3 is 1. The molecule has 0 atom stereocenters. The number of hydrogen-bond acceptors (Lipinski definition) is 3. The Bertz CT molecular complexity index is 187. The average molecular weight is 253 g/mol. The molecular weight excluding hydrogens is 228 g/mol. The van der Waals surface area contributed by atoms with Gasteiger partial charge in [0, 0.05) is 19.2 Å². The maximum absolute atomic E-state index is 11.5. The van der Waals surface area contributed by atoms with E-state index in [1.165, 1.54) is 0 Å². The van der Waals surface area contributed by atoms with Crippen LogP contribution >= 0.6 is 12.4 Å². The molecule has 0 aromatic rings. The molecule has 0 spiro atoms. The average Bonchev–Trinajstić information content (AvgIpc) is 2.11. The molecule has 0 bridgehead atoms. The molecule has 0 unspecified atom stereocenters. The molecule has 0 heterocycles. The van der Waals surface area contributed by atoms with Gasteiger partial charge in [-0.2, -0.15) is 0 Å². The van der Waals surface area contributed by atoms with Gasteiger partial charge < -0.3 is 15.4 Å². The Morgan fingerprint density at radius 1 is 1.38 bits per heavy atom. The fraction of sp³-hybridized carbons (Fsp3) is 0.909. The molecule has 0 aliphatic rings. The minimum absolute atomic E-state index is 0. The van der Waals surface area contributed by atoms with E-state index in [1.807, 2.05) is 13.8 Å². The molecule has 0 aromatic carbocycles. The number of amides is 1. The van der Waals surface area contributed by atoms with Crippen LogP contribution in [0.4, 0.5) is 0 Å². The Balaban J connectivity index is 0. The van der Waals surface area contributed by atoms with Crippen LogP contribution in [0.2, 0.25) is 0 Å². The van der Waals surface area contributed by atoms with Crippen LogP contribution in [0.5, 0.6) is 0 Å². The SMILES string of the molecule is CCCC(C)(C)NC(=O)CNCCOC.Cl. The first-order chi connectivity index (χ1) is 7.02. The van der Waals surface area contributed by atoms with Crippen molar-refractivity contribution < 1.29 is 9.53 Å². The Morgan fingerprint density at radius 2 is 2.00 bits per heavy atom. The third-order valence-electron chi connectivity index (χ3n) is 2.12. The van der Waals surface area contributed by atoms with Crippen LogP contribution in [-0.2, 0) is 9.53 Å². The minimum Gasteiger partial charge on any atom is -0.383 e. The maximum Gasteiger partial charge on any atom is 0.234 e. The lowest BCUT2D eigenvalue weighted by atomic mass is 9.99. The van der Waals surface area contributed by atoms with Gasteiger partial charge in [0.15, 0.2) is 0 Å². The summed E-state index contributed by atoms with van der Waals surface area (Å²) in [4.78, 5) is 11.5. The number of rotatable bonds is 8. The summed E-state index contributed by atoms with van der Waals surface area (Å²) in [5, 5.41) is 6.01. The fourth-order valence-corrected chi connectivity index (χ4v) is 1.49. The van der Waals surface area contributed by atoms with Crippen molar-refractivity contribution in [3.05, 3.63) is 0 Å². The van der Waals surface area contributed by atoms with E-state index in [9.17, 15) is 4.79 Å². The summed E-state index contributed by atoms with van der Waals surface area (Å²) in [6.07, 6.45) is 2.07. The number of carbonyl (C=O) groups is 1. The summed E-state index contributed by atoms with van der Waals surface area (Å²) >= 11 is 0. The highest BCUT2D eigenvalue weighted by atomic mass is 35.5. The second kappa shape index (κ2) is 9.87. The number of hydrogen-bond donors (Lipinski definition) is 2. The number of ether oxygens (including phenoxy) is 1. The van der Waals surface area contributed by atoms with E-state index in [0.29, 0.717) is 19.7 Å². The molecule has 98 valence electrons. The van der Waals surface area contributed by atoms with Gasteiger partial charge in [-0.05, 0) is 20.3 Å². The van der Waals surface area contributed by atoms with Crippen LogP contribution in [-0.4, -0.2) is 38.3 Å². The van der Waals surface area contributed by atoms with E-state index < -0.39 is 0 Å². The van der Waals surface area contributed by atoms with E-state index in [-0.39, 0.29) is 23.9 Å². The second-order valence-electron chi connectivity index (χ2n) is 4.35. The molecule has 2 N–H and O–H groups in total. The van der Waals surface area contributed by atoms with Gasteiger partial charge in [0.05, 0.1) is 13.2 Å². The second-order valence-corrected chi connectivity index (χ2v) is 4.35. The van der Waals surface area contributed by atoms with Crippen LogP contribution in [0.25, 0.3) is 0 Å². The predicted octanol–water partition coefficient (Wildman–Crippen LogP) is 1.34. The number of carbonyl (C=O) groups excluding carboxylic acids is 1. The van der Waals surface area contributed by atoms with Gasteiger partial charge in [0.2, 0.25) is 5.91 Å². The molecule has 16 heavy (non-hydrogen) atoms. The molecule has 1 amide bonds. The monoisotopic (exact) mass is 252 g/mol. The van der Waals surface area contributed by atoms with Crippen LogP contribution in [0.1, 0.15) is 33.6 Å². The first kappa shape index (κ1) is 18.1. The first-order valence-electron chi connectivity index (χ1n) is 5.52. The maximum atomic E-state index is 11.5. The van der Waals surface area contributed by atoms with Crippen LogP contribution < -0.4 is 10.6 Å². The standard InChI is InChI=1S/C11H24N2O2.ClH/c1-5-6-11(2,3)13-10(14)9-12-7-8-15-4;/h12H,5-9H2,1-4H3,(H,13,14);1H. The van der Waals surface area contributed by atoms with Crippen LogP contribution in [0, 0.1) is 0 Å². The normalized spacial score (nSPS) is 10.8. The van der Waals surface area contributed by atoms with Crippen LogP contribution in [0.3, 0.4) is 0 Å². The predicted molar refractivity (Wildman–Crippen MR) is 69.1 cm³/mol. The van der Waals surface area contributed by atoms with Crippen molar-refractivity contribution in [2.45, 2.75) is 39.2 Å². The van der Waals surface area contributed by atoms with Crippen molar-refractivity contribution in [2.75, 3.05) is 26.8 Å². The first-order valence-corrected chi connectivity index (χ1v) is 5.52. The van der Waals surface area contributed by atoms with Gasteiger partial charge in [0.25, 0.3) is 0 Å². The number of nitrogens with one attached hydrogen (secondary N) is 2. The minimum atomic E-state index is -0.102. The van der Waals surface area contributed by atoms with Crippen molar-refractivity contribution in [2.24, 2.45) is 0 Å². The zero-order chi connectivity index (χ0) is 11.7. The molecule has 0 aromatic heterocycles. The molecule has 0 radical (unpaired) electrons. The quantitative estimate of drug-likeness (QED) is 0.641. The van der Waals surface area contributed by atoms with E-state index in [1.54, 1.807) is 7.11 Å². The molecule has 0 aliphatic heterocycles. The molecule has 4 nitrogen and oxygen atoms in total. The lowest BCUT2D eigenvalue weighted by molar-refractivity contribution is -0.121. The van der Waals surface area contributed by atoms with Crippen molar-refractivity contribution in [3.8, 4) is 0 Å². The molecule has 0 rings (SSSR count). The Morgan fingerprint density at radius 3 is 2.50 bits per heavy atom. The lowest BCUT2D eigenvalue weighted by Gasteiger charge is -2.25. The van der Waals surface area contributed by atoms with Gasteiger partial charge in [-0.25, -0.2) is 0 Å². The summed E-state index contributed by atoms with van der Waals surface area (Å²) in [6.45, 7) is 7.90. The van der Waals surface area contributed by atoms with Crippen LogP contribution in [0.15, 0.2) is 0 Å². The zero-order valence-corrected chi connectivity index (χ0v) is 11.6. The fourth-order valence-electron chi connectivity index (χ4n) is 1.49. The zero-order valence-electron chi connectivity index (χ0n) is 10.8. The molecule has 0 aliphatic carbocycles. The highest BCUT2D eigenvalue weighted by Gasteiger charge is 2.18. The summed E-state index contributed by atoms with van der Waals surface area (Å²) < 4.78 is 4.87. The van der Waals surface area contributed by atoms with Gasteiger partial charge in [-0.15, -0.1) is 12.4 Å². The molecule has 0 saturated heterocycles. The number of halogens is 1. The van der Waals surface area contributed by atoms with Crippen molar-refractivity contribution >= 4 is 18.3 Å². The molecular formula is C11H25ClN2O2. The smallest absolute Gasteiger partial charge is 0.234 e. The van der Waals surface area contributed by atoms with Gasteiger partial charge in [-0.3, -0.25) is 4.79 Å². The Labute approximate surface area is 105 Å². The highest BCUT2D eigenvalue weighted by molar-refractivity contribution is 5.85. The van der Waals surface area contributed by atoms with E-state index >= 15 is 0 Å². The van der Waals surface area contributed by atoms with Gasteiger partial charge in [0.1, 0.15) is 0 Å². The van der Waals surface area contributed by atoms with Crippen molar-refractivity contribution in [1.29, 1.82) is 0 Å². The Hall–Kier alpha value is -0.320.